The number of aromatic nitrogens is 1. The van der Waals surface area contributed by atoms with Crippen LogP contribution in [0.1, 0.15) is 25.0 Å². The van der Waals surface area contributed by atoms with Gasteiger partial charge in [0, 0.05) is 24.0 Å². The van der Waals surface area contributed by atoms with Gasteiger partial charge in [-0.3, -0.25) is 4.79 Å². The Kier molecular flexibility index (Phi) is 5.67. The Morgan fingerprint density at radius 2 is 1.89 bits per heavy atom. The maximum Gasteiger partial charge on any atom is 0.230 e. The summed E-state index contributed by atoms with van der Waals surface area (Å²) in [6, 6.07) is 14.5. The van der Waals surface area contributed by atoms with Crippen LogP contribution in [0.5, 0.6) is 0 Å². The van der Waals surface area contributed by atoms with Crippen molar-refractivity contribution in [1.29, 1.82) is 0 Å². The number of hydrogen-bond acceptors (Lipinski definition) is 4. The molecule has 0 radical (unpaired) electrons. The molecule has 1 saturated heterocycles. The number of anilines is 2. The summed E-state index contributed by atoms with van der Waals surface area (Å²) in [5.74, 6) is -0.537. The standard InChI is InChI=1S/C22H22FN3OS/c23-17-9-10-20(26-11-5-2-6-12-26)19(13-17)25-21(27)14-18-15-28-22(24-18)16-7-3-1-4-8-16/h1,3-4,7-10,13,15H,2,5-6,11-12,14H2,(H,25,27). The number of thiazole rings is 1. The largest absolute Gasteiger partial charge is 0.370 e. The Balaban J connectivity index is 1.47. The first-order chi connectivity index (χ1) is 13.7. The zero-order chi connectivity index (χ0) is 19.3. The van der Waals surface area contributed by atoms with E-state index in [1.54, 1.807) is 6.07 Å². The van der Waals surface area contributed by atoms with Crippen molar-refractivity contribution in [1.82, 2.24) is 4.98 Å². The highest BCUT2D eigenvalue weighted by Gasteiger charge is 2.17. The summed E-state index contributed by atoms with van der Waals surface area (Å²) in [7, 11) is 0. The molecule has 1 fully saturated rings. The van der Waals surface area contributed by atoms with Crippen LogP contribution in [0.4, 0.5) is 15.8 Å². The van der Waals surface area contributed by atoms with Crippen molar-refractivity contribution in [3.63, 3.8) is 0 Å². The maximum atomic E-state index is 13.8. The molecule has 1 aromatic heterocycles. The highest BCUT2D eigenvalue weighted by atomic mass is 32.1. The average molecular weight is 396 g/mol. The lowest BCUT2D eigenvalue weighted by Gasteiger charge is -2.30. The van der Waals surface area contributed by atoms with Crippen LogP contribution >= 0.6 is 11.3 Å². The van der Waals surface area contributed by atoms with E-state index in [4.69, 9.17) is 0 Å². The zero-order valence-corrected chi connectivity index (χ0v) is 16.3. The Labute approximate surface area is 168 Å². The SMILES string of the molecule is O=C(Cc1csc(-c2ccccc2)n1)Nc1cc(F)ccc1N1CCCCC1. The molecule has 28 heavy (non-hydrogen) atoms. The summed E-state index contributed by atoms with van der Waals surface area (Å²) in [5.41, 5.74) is 3.18. The van der Waals surface area contributed by atoms with Crippen LogP contribution < -0.4 is 10.2 Å². The predicted molar refractivity (Wildman–Crippen MR) is 112 cm³/mol. The number of halogens is 1. The number of piperidine rings is 1. The van der Waals surface area contributed by atoms with Crippen molar-refractivity contribution in [2.75, 3.05) is 23.3 Å². The van der Waals surface area contributed by atoms with Gasteiger partial charge >= 0.3 is 0 Å². The second-order valence-electron chi connectivity index (χ2n) is 6.94. The zero-order valence-electron chi connectivity index (χ0n) is 15.5. The number of hydrogen-bond donors (Lipinski definition) is 1. The molecule has 4 nitrogen and oxygen atoms in total. The molecule has 1 aliphatic heterocycles. The lowest BCUT2D eigenvalue weighted by Crippen LogP contribution is -2.30. The van der Waals surface area contributed by atoms with Crippen molar-refractivity contribution in [2.45, 2.75) is 25.7 Å². The van der Waals surface area contributed by atoms with E-state index in [2.05, 4.69) is 15.2 Å². The molecular weight excluding hydrogens is 373 g/mol. The Bertz CT molecular complexity index is 951. The number of rotatable bonds is 5. The Morgan fingerprint density at radius 1 is 1.11 bits per heavy atom. The van der Waals surface area contributed by atoms with Crippen LogP contribution in [0, 0.1) is 5.82 Å². The van der Waals surface area contributed by atoms with E-state index < -0.39 is 0 Å². The van der Waals surface area contributed by atoms with Gasteiger partial charge in [0.15, 0.2) is 0 Å². The Morgan fingerprint density at radius 3 is 2.68 bits per heavy atom. The van der Waals surface area contributed by atoms with Gasteiger partial charge in [0.05, 0.1) is 23.5 Å². The van der Waals surface area contributed by atoms with Crippen molar-refractivity contribution in [2.24, 2.45) is 0 Å². The van der Waals surface area contributed by atoms with Gasteiger partial charge in [0.25, 0.3) is 0 Å². The lowest BCUT2D eigenvalue weighted by molar-refractivity contribution is -0.115. The van der Waals surface area contributed by atoms with Gasteiger partial charge in [0.1, 0.15) is 10.8 Å². The fraction of sp³-hybridized carbons (Fsp3) is 0.273. The average Bonchev–Trinajstić information content (AvgIpc) is 3.18. The van der Waals surface area contributed by atoms with E-state index in [1.807, 2.05) is 35.7 Å². The summed E-state index contributed by atoms with van der Waals surface area (Å²) in [5, 5.41) is 5.68. The highest BCUT2D eigenvalue weighted by Crippen LogP contribution is 2.30. The fourth-order valence-electron chi connectivity index (χ4n) is 3.48. The molecule has 1 amide bonds. The quantitative estimate of drug-likeness (QED) is 0.652. The number of carbonyl (C=O) groups excluding carboxylic acids is 1. The number of nitrogens with one attached hydrogen (secondary N) is 1. The van der Waals surface area contributed by atoms with Crippen LogP contribution in [-0.4, -0.2) is 24.0 Å². The van der Waals surface area contributed by atoms with Gasteiger partial charge in [-0.05, 0) is 37.5 Å². The number of carbonyl (C=O) groups is 1. The molecule has 0 saturated carbocycles. The molecule has 144 valence electrons. The first-order valence-electron chi connectivity index (χ1n) is 9.53. The minimum absolute atomic E-state index is 0.166. The van der Waals surface area contributed by atoms with Gasteiger partial charge in [-0.1, -0.05) is 30.3 Å². The van der Waals surface area contributed by atoms with E-state index in [-0.39, 0.29) is 18.1 Å². The van der Waals surface area contributed by atoms with Crippen molar-refractivity contribution in [3.05, 3.63) is 65.4 Å². The van der Waals surface area contributed by atoms with Gasteiger partial charge in [0.2, 0.25) is 5.91 Å². The van der Waals surface area contributed by atoms with E-state index in [0.29, 0.717) is 5.69 Å². The number of amides is 1. The van der Waals surface area contributed by atoms with E-state index in [1.165, 1.54) is 29.9 Å². The molecule has 1 aliphatic rings. The minimum atomic E-state index is -0.351. The first kappa shape index (κ1) is 18.6. The molecule has 0 aliphatic carbocycles. The summed E-state index contributed by atoms with van der Waals surface area (Å²) in [6.45, 7) is 1.86. The molecule has 3 aromatic rings. The third-order valence-electron chi connectivity index (χ3n) is 4.84. The van der Waals surface area contributed by atoms with E-state index >= 15 is 0 Å². The highest BCUT2D eigenvalue weighted by molar-refractivity contribution is 7.13. The van der Waals surface area contributed by atoms with Gasteiger partial charge in [-0.25, -0.2) is 9.37 Å². The van der Waals surface area contributed by atoms with Gasteiger partial charge < -0.3 is 10.2 Å². The maximum absolute atomic E-state index is 13.8. The minimum Gasteiger partial charge on any atom is -0.370 e. The van der Waals surface area contributed by atoms with Crippen molar-refractivity contribution >= 4 is 28.6 Å². The van der Waals surface area contributed by atoms with Gasteiger partial charge in [-0.15, -0.1) is 11.3 Å². The molecule has 0 unspecified atom stereocenters. The van der Waals surface area contributed by atoms with Crippen LogP contribution in [0.2, 0.25) is 0 Å². The second-order valence-corrected chi connectivity index (χ2v) is 7.80. The van der Waals surface area contributed by atoms with Crippen LogP contribution in [-0.2, 0) is 11.2 Å². The summed E-state index contributed by atoms with van der Waals surface area (Å²) in [4.78, 5) is 19.4. The second kappa shape index (κ2) is 8.52. The molecule has 2 heterocycles. The molecule has 0 spiro atoms. The van der Waals surface area contributed by atoms with Crippen molar-refractivity contribution < 1.29 is 9.18 Å². The summed E-state index contributed by atoms with van der Waals surface area (Å²) in [6.07, 6.45) is 3.62. The van der Waals surface area contributed by atoms with Crippen LogP contribution in [0.25, 0.3) is 10.6 Å². The van der Waals surface area contributed by atoms with Crippen molar-refractivity contribution in [3.8, 4) is 10.6 Å². The molecule has 1 N–H and O–H groups in total. The van der Waals surface area contributed by atoms with Gasteiger partial charge in [-0.2, -0.15) is 0 Å². The van der Waals surface area contributed by atoms with Crippen LogP contribution in [0.3, 0.4) is 0 Å². The third-order valence-corrected chi connectivity index (χ3v) is 5.78. The van der Waals surface area contributed by atoms with Crippen LogP contribution in [0.15, 0.2) is 53.9 Å². The predicted octanol–water partition coefficient (Wildman–Crippen LogP) is 5.12. The lowest BCUT2D eigenvalue weighted by atomic mass is 10.1. The Hall–Kier alpha value is -2.73. The summed E-state index contributed by atoms with van der Waals surface area (Å²) < 4.78 is 13.8. The van der Waals surface area contributed by atoms with E-state index in [0.717, 1.165) is 47.9 Å². The number of nitrogens with zero attached hydrogens (tertiary/aromatic N) is 2. The monoisotopic (exact) mass is 395 g/mol. The first-order valence-corrected chi connectivity index (χ1v) is 10.4. The third kappa shape index (κ3) is 4.39. The fourth-order valence-corrected chi connectivity index (χ4v) is 4.31. The molecule has 0 atom stereocenters. The molecule has 4 rings (SSSR count). The van der Waals surface area contributed by atoms with E-state index in [9.17, 15) is 9.18 Å². The number of benzene rings is 2. The molecule has 0 bridgehead atoms. The molecule has 6 heteroatoms. The molecular formula is C22H22FN3OS. The topological polar surface area (TPSA) is 45.2 Å². The smallest absolute Gasteiger partial charge is 0.230 e. The normalized spacial score (nSPS) is 14.1. The summed E-state index contributed by atoms with van der Waals surface area (Å²) >= 11 is 1.52. The molecule has 2 aromatic carbocycles.